The minimum Gasteiger partial charge on any atom is -0.346 e. The zero-order chi connectivity index (χ0) is 7.61. The third kappa shape index (κ3) is 1.46. The standard InChI is InChI=1S/C7H13IO2/c1-3-7(6(2)8)9-4-5-10-7/h6H,3-5H2,1-2H3. The van der Waals surface area contributed by atoms with Crippen LogP contribution >= 0.6 is 22.6 Å². The molecular weight excluding hydrogens is 243 g/mol. The molecule has 3 heteroatoms. The van der Waals surface area contributed by atoms with Gasteiger partial charge in [0.25, 0.3) is 0 Å². The van der Waals surface area contributed by atoms with Gasteiger partial charge in [-0.1, -0.05) is 29.5 Å². The van der Waals surface area contributed by atoms with Gasteiger partial charge in [-0.25, -0.2) is 0 Å². The van der Waals surface area contributed by atoms with Gasteiger partial charge < -0.3 is 9.47 Å². The Labute approximate surface area is 75.4 Å². The Balaban J connectivity index is 2.58. The Kier molecular flexibility index (Phi) is 2.94. The van der Waals surface area contributed by atoms with Crippen LogP contribution < -0.4 is 0 Å². The number of hydrogen-bond acceptors (Lipinski definition) is 2. The van der Waals surface area contributed by atoms with Gasteiger partial charge in [0.05, 0.1) is 17.1 Å². The third-order valence-corrected chi connectivity index (χ3v) is 2.82. The molecule has 60 valence electrons. The van der Waals surface area contributed by atoms with Gasteiger partial charge >= 0.3 is 0 Å². The normalized spacial score (nSPS) is 26.7. The predicted molar refractivity (Wildman–Crippen MR) is 48.4 cm³/mol. The first-order valence-corrected chi connectivity index (χ1v) is 4.88. The van der Waals surface area contributed by atoms with E-state index in [0.29, 0.717) is 3.92 Å². The molecule has 0 aromatic carbocycles. The van der Waals surface area contributed by atoms with Crippen molar-refractivity contribution in [1.29, 1.82) is 0 Å². The van der Waals surface area contributed by atoms with E-state index < -0.39 is 0 Å². The molecule has 0 N–H and O–H groups in total. The summed E-state index contributed by atoms with van der Waals surface area (Å²) in [5, 5.41) is 0. The van der Waals surface area contributed by atoms with E-state index in [-0.39, 0.29) is 5.79 Å². The van der Waals surface area contributed by atoms with E-state index in [1.807, 2.05) is 0 Å². The van der Waals surface area contributed by atoms with Gasteiger partial charge in [-0.05, 0) is 13.3 Å². The van der Waals surface area contributed by atoms with Gasteiger partial charge in [-0.15, -0.1) is 0 Å². The lowest BCUT2D eigenvalue weighted by Crippen LogP contribution is -2.37. The predicted octanol–water partition coefficient (Wildman–Crippen LogP) is 1.96. The first-order chi connectivity index (χ1) is 4.71. The molecule has 1 saturated heterocycles. The maximum absolute atomic E-state index is 5.52. The van der Waals surface area contributed by atoms with Crippen molar-refractivity contribution in [1.82, 2.24) is 0 Å². The van der Waals surface area contributed by atoms with E-state index in [1.165, 1.54) is 0 Å². The number of rotatable bonds is 2. The Morgan fingerprint density at radius 1 is 1.50 bits per heavy atom. The molecule has 0 saturated carbocycles. The first-order valence-electron chi connectivity index (χ1n) is 3.63. The van der Waals surface area contributed by atoms with Gasteiger partial charge in [-0.3, -0.25) is 0 Å². The van der Waals surface area contributed by atoms with Crippen molar-refractivity contribution in [3.05, 3.63) is 0 Å². The van der Waals surface area contributed by atoms with E-state index in [9.17, 15) is 0 Å². The minimum absolute atomic E-state index is 0.277. The van der Waals surface area contributed by atoms with Gasteiger partial charge in [0, 0.05) is 0 Å². The lowest BCUT2D eigenvalue weighted by atomic mass is 10.1. The second-order valence-electron chi connectivity index (χ2n) is 2.48. The second kappa shape index (κ2) is 3.36. The SMILES string of the molecule is CCC1(C(C)I)OCCO1. The maximum Gasteiger partial charge on any atom is 0.179 e. The van der Waals surface area contributed by atoms with Crippen molar-refractivity contribution in [2.24, 2.45) is 0 Å². The van der Waals surface area contributed by atoms with E-state index in [4.69, 9.17) is 9.47 Å². The Bertz CT molecular complexity index is 108. The molecule has 0 aromatic heterocycles. The van der Waals surface area contributed by atoms with Crippen LogP contribution in [-0.4, -0.2) is 22.9 Å². The molecule has 0 bridgehead atoms. The third-order valence-electron chi connectivity index (χ3n) is 1.87. The molecule has 0 spiro atoms. The Morgan fingerprint density at radius 2 is 2.00 bits per heavy atom. The van der Waals surface area contributed by atoms with Crippen LogP contribution in [0.25, 0.3) is 0 Å². The smallest absolute Gasteiger partial charge is 0.179 e. The molecule has 1 atom stereocenters. The fraction of sp³-hybridized carbons (Fsp3) is 1.00. The van der Waals surface area contributed by atoms with E-state index in [2.05, 4.69) is 36.4 Å². The summed E-state index contributed by atoms with van der Waals surface area (Å²) in [6.07, 6.45) is 0.942. The molecule has 1 fully saturated rings. The summed E-state index contributed by atoms with van der Waals surface area (Å²) >= 11 is 2.35. The topological polar surface area (TPSA) is 18.5 Å². The maximum atomic E-state index is 5.52. The highest BCUT2D eigenvalue weighted by Gasteiger charge is 2.38. The molecule has 2 nitrogen and oxygen atoms in total. The van der Waals surface area contributed by atoms with Gasteiger partial charge in [0.1, 0.15) is 0 Å². The van der Waals surface area contributed by atoms with Gasteiger partial charge in [0.15, 0.2) is 5.79 Å². The van der Waals surface area contributed by atoms with Gasteiger partial charge in [0.2, 0.25) is 0 Å². The summed E-state index contributed by atoms with van der Waals surface area (Å²) in [7, 11) is 0. The lowest BCUT2D eigenvalue weighted by Gasteiger charge is -2.28. The number of hydrogen-bond donors (Lipinski definition) is 0. The second-order valence-corrected chi connectivity index (χ2v) is 4.35. The van der Waals surface area contributed by atoms with Crippen LogP contribution in [-0.2, 0) is 9.47 Å². The molecule has 0 amide bonds. The Morgan fingerprint density at radius 3 is 2.20 bits per heavy atom. The fourth-order valence-electron chi connectivity index (χ4n) is 1.19. The number of ether oxygens (including phenoxy) is 2. The van der Waals surface area contributed by atoms with Crippen LogP contribution in [0.2, 0.25) is 0 Å². The van der Waals surface area contributed by atoms with Crippen molar-refractivity contribution < 1.29 is 9.47 Å². The van der Waals surface area contributed by atoms with E-state index in [1.54, 1.807) is 0 Å². The van der Waals surface area contributed by atoms with Gasteiger partial charge in [-0.2, -0.15) is 0 Å². The monoisotopic (exact) mass is 256 g/mol. The van der Waals surface area contributed by atoms with Crippen LogP contribution in [0.5, 0.6) is 0 Å². The summed E-state index contributed by atoms with van der Waals surface area (Å²) < 4.78 is 11.5. The number of alkyl halides is 1. The summed E-state index contributed by atoms with van der Waals surface area (Å²) in [6.45, 7) is 5.72. The van der Waals surface area contributed by atoms with Crippen LogP contribution in [0.15, 0.2) is 0 Å². The fourth-order valence-corrected chi connectivity index (χ4v) is 1.99. The summed E-state index contributed by atoms with van der Waals surface area (Å²) in [5.41, 5.74) is 0. The Hall–Kier alpha value is 0.650. The van der Waals surface area contributed by atoms with Crippen molar-refractivity contribution in [3.63, 3.8) is 0 Å². The van der Waals surface area contributed by atoms with Crippen LogP contribution in [0.1, 0.15) is 20.3 Å². The van der Waals surface area contributed by atoms with Crippen molar-refractivity contribution in [2.45, 2.75) is 30.0 Å². The summed E-state index contributed by atoms with van der Waals surface area (Å²) in [4.78, 5) is 0. The molecular formula is C7H13IO2. The molecule has 0 aliphatic carbocycles. The molecule has 1 heterocycles. The lowest BCUT2D eigenvalue weighted by molar-refractivity contribution is -0.152. The summed E-state index contributed by atoms with van der Waals surface area (Å²) in [5.74, 6) is -0.277. The average Bonchev–Trinajstić information content (AvgIpc) is 2.35. The quantitative estimate of drug-likeness (QED) is 0.555. The van der Waals surface area contributed by atoms with Crippen molar-refractivity contribution in [3.8, 4) is 0 Å². The molecule has 1 rings (SSSR count). The summed E-state index contributed by atoms with van der Waals surface area (Å²) in [6, 6.07) is 0. The highest BCUT2D eigenvalue weighted by molar-refractivity contribution is 14.1. The highest BCUT2D eigenvalue weighted by Crippen LogP contribution is 2.31. The average molecular weight is 256 g/mol. The zero-order valence-corrected chi connectivity index (χ0v) is 8.55. The largest absolute Gasteiger partial charge is 0.346 e. The highest BCUT2D eigenvalue weighted by atomic mass is 127. The van der Waals surface area contributed by atoms with Crippen LogP contribution in [0.3, 0.4) is 0 Å². The van der Waals surface area contributed by atoms with Crippen molar-refractivity contribution in [2.75, 3.05) is 13.2 Å². The zero-order valence-electron chi connectivity index (χ0n) is 6.39. The molecule has 1 unspecified atom stereocenters. The van der Waals surface area contributed by atoms with Crippen LogP contribution in [0, 0.1) is 0 Å². The first kappa shape index (κ1) is 8.74. The molecule has 0 radical (unpaired) electrons. The van der Waals surface area contributed by atoms with E-state index >= 15 is 0 Å². The van der Waals surface area contributed by atoms with Crippen molar-refractivity contribution >= 4 is 22.6 Å². The van der Waals surface area contributed by atoms with E-state index in [0.717, 1.165) is 19.6 Å². The molecule has 1 aliphatic rings. The molecule has 1 aliphatic heterocycles. The van der Waals surface area contributed by atoms with Crippen LogP contribution in [0.4, 0.5) is 0 Å². The number of halogens is 1. The minimum atomic E-state index is -0.277. The molecule has 10 heavy (non-hydrogen) atoms. The molecule has 0 aromatic rings.